The molecule has 0 radical (unpaired) electrons. The van der Waals surface area contributed by atoms with E-state index >= 15 is 0 Å². The molecule has 2 aromatic rings. The highest BCUT2D eigenvalue weighted by Gasteiger charge is 2.25. The molecule has 1 amide bonds. The zero-order chi connectivity index (χ0) is 17.6. The van der Waals surface area contributed by atoms with Crippen LogP contribution in [0.4, 0.5) is 0 Å². The fourth-order valence-corrected chi connectivity index (χ4v) is 3.30. The Morgan fingerprint density at radius 3 is 2.80 bits per heavy atom. The van der Waals surface area contributed by atoms with E-state index in [4.69, 9.17) is 0 Å². The predicted molar refractivity (Wildman–Crippen MR) is 99.4 cm³/mol. The molecule has 134 valence electrons. The van der Waals surface area contributed by atoms with Crippen LogP contribution in [0.1, 0.15) is 32.3 Å². The first-order valence-corrected chi connectivity index (χ1v) is 9.21. The number of nitrogens with one attached hydrogen (secondary N) is 1. The van der Waals surface area contributed by atoms with Gasteiger partial charge in [-0.05, 0) is 49.1 Å². The third-order valence-corrected chi connectivity index (χ3v) is 4.67. The second-order valence-corrected chi connectivity index (χ2v) is 7.33. The van der Waals surface area contributed by atoms with E-state index in [2.05, 4.69) is 53.4 Å². The Morgan fingerprint density at radius 1 is 1.32 bits per heavy atom. The maximum absolute atomic E-state index is 12.3. The molecule has 1 aliphatic rings. The molecule has 1 saturated heterocycles. The highest BCUT2D eigenvalue weighted by Crippen LogP contribution is 2.19. The van der Waals surface area contributed by atoms with Crippen molar-refractivity contribution in [1.29, 1.82) is 0 Å². The average molecular weight is 340 g/mol. The van der Waals surface area contributed by atoms with Crippen LogP contribution in [-0.4, -0.2) is 40.2 Å². The van der Waals surface area contributed by atoms with Crippen LogP contribution < -0.4 is 5.32 Å². The number of aromatic nitrogens is 2. The molecule has 3 rings (SSSR count). The second-order valence-electron chi connectivity index (χ2n) is 7.33. The first kappa shape index (κ1) is 17.7. The van der Waals surface area contributed by atoms with E-state index in [9.17, 15) is 4.79 Å². The van der Waals surface area contributed by atoms with Gasteiger partial charge in [0.15, 0.2) is 0 Å². The minimum atomic E-state index is 0.121. The monoisotopic (exact) mass is 340 g/mol. The number of likely N-dealkylation sites (tertiary alicyclic amines) is 1. The molecule has 1 atom stereocenters. The van der Waals surface area contributed by atoms with Crippen molar-refractivity contribution in [2.75, 3.05) is 19.6 Å². The molecule has 1 aromatic carbocycles. The molecule has 0 unspecified atom stereocenters. The van der Waals surface area contributed by atoms with Crippen LogP contribution in [0.2, 0.25) is 0 Å². The standard InChI is InChI=1S/C20H28N4O/c1-16(2)13-21-20(25)18-5-3-11-23(15-18)14-17-6-8-19(9-7-17)24-12-4-10-22-24/h4,6-10,12,16,18H,3,5,11,13-15H2,1-2H3,(H,21,25)/t18-/m0/s1. The third-order valence-electron chi connectivity index (χ3n) is 4.67. The van der Waals surface area contributed by atoms with E-state index in [0.717, 1.165) is 44.7 Å². The molecule has 0 saturated carbocycles. The number of benzene rings is 1. The van der Waals surface area contributed by atoms with Crippen LogP contribution in [0.3, 0.4) is 0 Å². The number of piperidine rings is 1. The topological polar surface area (TPSA) is 50.2 Å². The van der Waals surface area contributed by atoms with Crippen molar-refractivity contribution in [3.63, 3.8) is 0 Å². The van der Waals surface area contributed by atoms with Crippen molar-refractivity contribution >= 4 is 5.91 Å². The number of carbonyl (C=O) groups excluding carboxylic acids is 1. The molecule has 0 aliphatic carbocycles. The highest BCUT2D eigenvalue weighted by molar-refractivity contribution is 5.78. The molecule has 0 bridgehead atoms. The molecule has 5 nitrogen and oxygen atoms in total. The van der Waals surface area contributed by atoms with Gasteiger partial charge in [-0.25, -0.2) is 4.68 Å². The van der Waals surface area contributed by atoms with Crippen molar-refractivity contribution in [2.45, 2.75) is 33.2 Å². The van der Waals surface area contributed by atoms with Gasteiger partial charge in [0.2, 0.25) is 5.91 Å². The van der Waals surface area contributed by atoms with Gasteiger partial charge >= 0.3 is 0 Å². The predicted octanol–water partition coefficient (Wildman–Crippen LogP) is 2.86. The summed E-state index contributed by atoms with van der Waals surface area (Å²) in [6.07, 6.45) is 5.82. The lowest BCUT2D eigenvalue weighted by atomic mass is 9.96. The first-order chi connectivity index (χ1) is 12.1. The summed E-state index contributed by atoms with van der Waals surface area (Å²) in [7, 11) is 0. The summed E-state index contributed by atoms with van der Waals surface area (Å²) in [6, 6.07) is 10.4. The number of carbonyl (C=O) groups is 1. The Hall–Kier alpha value is -2.14. The van der Waals surface area contributed by atoms with Crippen molar-refractivity contribution in [2.24, 2.45) is 11.8 Å². The number of hydrogen-bond donors (Lipinski definition) is 1. The Bertz CT molecular complexity index is 664. The van der Waals surface area contributed by atoms with Gasteiger partial charge in [0, 0.05) is 32.0 Å². The quantitative estimate of drug-likeness (QED) is 0.880. The van der Waals surface area contributed by atoms with Gasteiger partial charge < -0.3 is 5.32 Å². The van der Waals surface area contributed by atoms with Gasteiger partial charge in [-0.3, -0.25) is 9.69 Å². The van der Waals surface area contributed by atoms with E-state index in [1.807, 2.05) is 16.9 Å². The van der Waals surface area contributed by atoms with Gasteiger partial charge in [-0.15, -0.1) is 0 Å². The molecule has 1 aliphatic heterocycles. The largest absolute Gasteiger partial charge is 0.356 e. The lowest BCUT2D eigenvalue weighted by molar-refractivity contribution is -0.126. The molecule has 1 aromatic heterocycles. The van der Waals surface area contributed by atoms with Crippen molar-refractivity contribution in [1.82, 2.24) is 20.0 Å². The Balaban J connectivity index is 1.54. The van der Waals surface area contributed by atoms with E-state index in [0.29, 0.717) is 5.92 Å². The number of rotatable bonds is 6. The number of hydrogen-bond acceptors (Lipinski definition) is 3. The SMILES string of the molecule is CC(C)CNC(=O)[C@H]1CCCN(Cc2ccc(-n3cccn3)cc2)C1. The normalized spacial score (nSPS) is 18.4. The Kier molecular flexibility index (Phi) is 5.87. The van der Waals surface area contributed by atoms with Crippen LogP contribution in [0, 0.1) is 11.8 Å². The van der Waals surface area contributed by atoms with E-state index in [-0.39, 0.29) is 11.8 Å². The average Bonchev–Trinajstić information content (AvgIpc) is 3.15. The zero-order valence-electron chi connectivity index (χ0n) is 15.2. The lowest BCUT2D eigenvalue weighted by Crippen LogP contribution is -2.43. The van der Waals surface area contributed by atoms with Crippen LogP contribution in [0.5, 0.6) is 0 Å². The van der Waals surface area contributed by atoms with Gasteiger partial charge in [0.05, 0.1) is 11.6 Å². The number of amides is 1. The molecular formula is C20H28N4O. The van der Waals surface area contributed by atoms with Crippen LogP contribution in [0.25, 0.3) is 5.69 Å². The fourth-order valence-electron chi connectivity index (χ4n) is 3.30. The Labute approximate surface area is 150 Å². The Morgan fingerprint density at radius 2 is 2.12 bits per heavy atom. The van der Waals surface area contributed by atoms with E-state index in [1.54, 1.807) is 6.20 Å². The summed E-state index contributed by atoms with van der Waals surface area (Å²) >= 11 is 0. The third kappa shape index (κ3) is 4.92. The van der Waals surface area contributed by atoms with Gasteiger partial charge in [-0.1, -0.05) is 26.0 Å². The maximum Gasteiger partial charge on any atom is 0.224 e. The molecule has 5 heteroatoms. The van der Waals surface area contributed by atoms with Gasteiger partial charge in [-0.2, -0.15) is 5.10 Å². The molecule has 25 heavy (non-hydrogen) atoms. The molecule has 1 fully saturated rings. The molecular weight excluding hydrogens is 312 g/mol. The van der Waals surface area contributed by atoms with E-state index < -0.39 is 0 Å². The van der Waals surface area contributed by atoms with Crippen molar-refractivity contribution < 1.29 is 4.79 Å². The summed E-state index contributed by atoms with van der Waals surface area (Å²) in [5.41, 5.74) is 2.34. The summed E-state index contributed by atoms with van der Waals surface area (Å²) in [5.74, 6) is 0.834. The maximum atomic E-state index is 12.3. The lowest BCUT2D eigenvalue weighted by Gasteiger charge is -2.32. The van der Waals surface area contributed by atoms with Crippen LogP contribution >= 0.6 is 0 Å². The zero-order valence-corrected chi connectivity index (χ0v) is 15.2. The molecule has 1 N–H and O–H groups in total. The molecule has 2 heterocycles. The van der Waals surface area contributed by atoms with Gasteiger partial charge in [0.25, 0.3) is 0 Å². The minimum absolute atomic E-state index is 0.121. The fraction of sp³-hybridized carbons (Fsp3) is 0.500. The summed E-state index contributed by atoms with van der Waals surface area (Å²) < 4.78 is 1.86. The van der Waals surface area contributed by atoms with Crippen LogP contribution in [0.15, 0.2) is 42.7 Å². The minimum Gasteiger partial charge on any atom is -0.356 e. The highest BCUT2D eigenvalue weighted by atomic mass is 16.1. The van der Waals surface area contributed by atoms with E-state index in [1.165, 1.54) is 5.56 Å². The number of nitrogens with zero attached hydrogens (tertiary/aromatic N) is 3. The summed E-state index contributed by atoms with van der Waals surface area (Å²) in [5, 5.41) is 7.34. The van der Waals surface area contributed by atoms with Crippen molar-refractivity contribution in [3.8, 4) is 5.69 Å². The first-order valence-electron chi connectivity index (χ1n) is 9.21. The molecule has 0 spiro atoms. The summed E-state index contributed by atoms with van der Waals surface area (Å²) in [6.45, 7) is 7.83. The smallest absolute Gasteiger partial charge is 0.224 e. The van der Waals surface area contributed by atoms with Crippen molar-refractivity contribution in [3.05, 3.63) is 48.3 Å². The van der Waals surface area contributed by atoms with Gasteiger partial charge in [0.1, 0.15) is 0 Å². The summed E-state index contributed by atoms with van der Waals surface area (Å²) in [4.78, 5) is 14.7. The van der Waals surface area contributed by atoms with Crippen LogP contribution in [-0.2, 0) is 11.3 Å². The second kappa shape index (κ2) is 8.30.